The van der Waals surface area contributed by atoms with Gasteiger partial charge in [0.15, 0.2) is 0 Å². The predicted octanol–water partition coefficient (Wildman–Crippen LogP) is -0.159. The molecule has 0 aromatic carbocycles. The van der Waals surface area contributed by atoms with E-state index in [0.717, 1.165) is 0 Å². The molecule has 0 spiro atoms. The predicted molar refractivity (Wildman–Crippen MR) is 21.0 cm³/mol. The fourth-order valence-electron chi connectivity index (χ4n) is 0.0467. The van der Waals surface area contributed by atoms with E-state index in [1.807, 2.05) is 0 Å². The third-order valence-corrected chi connectivity index (χ3v) is 0.364. The molecule has 0 aliphatic heterocycles. The number of hydrogen-bond donors (Lipinski definition) is 2. The lowest BCUT2D eigenvalue weighted by Crippen LogP contribution is -2.08. The Hall–Kier alpha value is -1.06. The molecule has 0 rings (SSSR count). The van der Waals surface area contributed by atoms with Gasteiger partial charge in [-0.3, -0.25) is 0 Å². The van der Waals surface area contributed by atoms with Crippen molar-refractivity contribution < 1.29 is 14.3 Å². The minimum Gasteiger partial charge on any atom is -0.477 e. The van der Waals surface area contributed by atoms with E-state index in [1.54, 1.807) is 0 Å². The monoisotopic (exact) mass is 105 g/mol. The number of halogens is 1. The molecule has 0 saturated heterocycles. The number of nitrogens with two attached hydrogens (primary N) is 1. The molecule has 40 valence electrons. The van der Waals surface area contributed by atoms with Gasteiger partial charge in [-0.1, -0.05) is 0 Å². The maximum absolute atomic E-state index is 11.0. The molecule has 7 heavy (non-hydrogen) atoms. The molecular weight excluding hydrogens is 101 g/mol. The summed E-state index contributed by atoms with van der Waals surface area (Å²) in [6.45, 7) is 0. The minimum absolute atomic E-state index is 0.164. The van der Waals surface area contributed by atoms with Crippen molar-refractivity contribution in [1.82, 2.24) is 0 Å². The Morgan fingerprint density at radius 2 is 2.29 bits per heavy atom. The summed E-state index contributed by atoms with van der Waals surface area (Å²) in [5, 5.41) is 7.75. The lowest BCUT2D eigenvalue weighted by atomic mass is 10.5. The van der Waals surface area contributed by atoms with E-state index in [9.17, 15) is 9.18 Å². The molecule has 0 aromatic rings. The Balaban J connectivity index is 3.82. The summed E-state index contributed by atoms with van der Waals surface area (Å²) in [5.74, 6) is -1.44. The number of hydrogen-bond acceptors (Lipinski definition) is 2. The molecule has 0 aliphatic carbocycles. The highest BCUT2D eigenvalue weighted by molar-refractivity contribution is 5.84. The number of carboxylic acids is 1. The molecule has 0 heterocycles. The average molecular weight is 105 g/mol. The van der Waals surface area contributed by atoms with Crippen LogP contribution in [0.2, 0.25) is 0 Å². The van der Waals surface area contributed by atoms with E-state index in [4.69, 9.17) is 5.11 Å². The van der Waals surface area contributed by atoms with Crippen LogP contribution in [-0.2, 0) is 4.79 Å². The molecule has 0 unspecified atom stereocenters. The Morgan fingerprint density at radius 1 is 1.86 bits per heavy atom. The molecule has 0 radical (unpaired) electrons. The Bertz CT molecular complexity index is 110. The molecular formula is C3H4FNO2. The molecule has 0 bridgehead atoms. The van der Waals surface area contributed by atoms with Crippen LogP contribution in [0.4, 0.5) is 4.39 Å². The summed E-state index contributed by atoms with van der Waals surface area (Å²) in [4.78, 5) is 9.50. The highest BCUT2D eigenvalue weighted by Gasteiger charge is 1.96. The first-order valence-electron chi connectivity index (χ1n) is 1.47. The number of rotatable bonds is 1. The van der Waals surface area contributed by atoms with Crippen LogP contribution in [0.3, 0.4) is 0 Å². The standard InChI is InChI=1S/C3H4FNO2/c4-1-2(5)3(6)7/h1H,5H2,(H,6,7). The van der Waals surface area contributed by atoms with Gasteiger partial charge < -0.3 is 10.8 Å². The van der Waals surface area contributed by atoms with Crippen LogP contribution < -0.4 is 5.73 Å². The van der Waals surface area contributed by atoms with Crippen molar-refractivity contribution in [1.29, 1.82) is 0 Å². The van der Waals surface area contributed by atoms with Gasteiger partial charge in [-0.2, -0.15) is 0 Å². The maximum Gasteiger partial charge on any atom is 0.354 e. The molecule has 0 saturated carbocycles. The first kappa shape index (κ1) is 5.94. The third-order valence-electron chi connectivity index (χ3n) is 0.364. The first-order chi connectivity index (χ1) is 3.18. The lowest BCUT2D eigenvalue weighted by Gasteiger charge is -1.82. The van der Waals surface area contributed by atoms with Gasteiger partial charge in [-0.05, 0) is 0 Å². The fraction of sp³-hybridized carbons (Fsp3) is 0. The van der Waals surface area contributed by atoms with E-state index in [1.165, 1.54) is 0 Å². The average Bonchev–Trinajstić information content (AvgIpc) is 1.65. The zero-order chi connectivity index (χ0) is 5.86. The SMILES string of the molecule is NC(=CF)C(=O)O. The Labute approximate surface area is 39.2 Å². The second kappa shape index (κ2) is 2.17. The van der Waals surface area contributed by atoms with Crippen molar-refractivity contribution in [2.24, 2.45) is 5.73 Å². The summed E-state index contributed by atoms with van der Waals surface area (Å²) in [6.07, 6.45) is -0.164. The van der Waals surface area contributed by atoms with Crippen molar-refractivity contribution in [3.8, 4) is 0 Å². The van der Waals surface area contributed by atoms with Crippen molar-refractivity contribution in [3.63, 3.8) is 0 Å². The van der Waals surface area contributed by atoms with E-state index in [-0.39, 0.29) is 6.33 Å². The van der Waals surface area contributed by atoms with Crippen molar-refractivity contribution in [2.45, 2.75) is 0 Å². The summed E-state index contributed by atoms with van der Waals surface area (Å²) in [5.41, 5.74) is 3.72. The molecule has 0 atom stereocenters. The molecule has 0 aromatic heterocycles. The number of aliphatic carboxylic acids is 1. The Morgan fingerprint density at radius 3 is 2.29 bits per heavy atom. The second-order valence-electron chi connectivity index (χ2n) is 0.870. The van der Waals surface area contributed by atoms with Gasteiger partial charge in [0.25, 0.3) is 0 Å². The van der Waals surface area contributed by atoms with Gasteiger partial charge in [0.1, 0.15) is 12.0 Å². The van der Waals surface area contributed by atoms with Gasteiger partial charge in [0, 0.05) is 0 Å². The van der Waals surface area contributed by atoms with Gasteiger partial charge in [0.05, 0.1) is 0 Å². The molecule has 4 heteroatoms. The largest absolute Gasteiger partial charge is 0.477 e. The van der Waals surface area contributed by atoms with Gasteiger partial charge in [0.2, 0.25) is 0 Å². The zero-order valence-electron chi connectivity index (χ0n) is 3.39. The van der Waals surface area contributed by atoms with E-state index in [0.29, 0.717) is 0 Å². The maximum atomic E-state index is 11.0. The molecule has 0 aliphatic rings. The van der Waals surface area contributed by atoms with Crippen LogP contribution >= 0.6 is 0 Å². The summed E-state index contributed by atoms with van der Waals surface area (Å²) in [6, 6.07) is 0. The molecule has 3 nitrogen and oxygen atoms in total. The summed E-state index contributed by atoms with van der Waals surface area (Å²) in [7, 11) is 0. The van der Waals surface area contributed by atoms with Crippen molar-refractivity contribution in [2.75, 3.05) is 0 Å². The molecule has 3 N–H and O–H groups in total. The summed E-state index contributed by atoms with van der Waals surface area (Å²) >= 11 is 0. The lowest BCUT2D eigenvalue weighted by molar-refractivity contribution is -0.132. The van der Waals surface area contributed by atoms with Crippen LogP contribution in [0.1, 0.15) is 0 Å². The topological polar surface area (TPSA) is 63.3 Å². The highest BCUT2D eigenvalue weighted by atomic mass is 19.1. The quantitative estimate of drug-likeness (QED) is 0.455. The molecule has 0 amide bonds. The number of carbonyl (C=O) groups is 1. The van der Waals surface area contributed by atoms with E-state index in [2.05, 4.69) is 5.73 Å². The van der Waals surface area contributed by atoms with Gasteiger partial charge in [-0.25, -0.2) is 9.18 Å². The van der Waals surface area contributed by atoms with E-state index >= 15 is 0 Å². The summed E-state index contributed by atoms with van der Waals surface area (Å²) < 4.78 is 11.0. The van der Waals surface area contributed by atoms with Crippen molar-refractivity contribution >= 4 is 5.97 Å². The normalized spacial score (nSPS) is 11.3. The smallest absolute Gasteiger partial charge is 0.354 e. The Kier molecular flexibility index (Phi) is 1.84. The first-order valence-corrected chi connectivity index (χ1v) is 1.47. The fourth-order valence-corrected chi connectivity index (χ4v) is 0.0467. The van der Waals surface area contributed by atoms with Crippen LogP contribution in [0.5, 0.6) is 0 Å². The number of carboxylic acid groups (broad SMARTS) is 1. The van der Waals surface area contributed by atoms with Gasteiger partial charge in [-0.15, -0.1) is 0 Å². The van der Waals surface area contributed by atoms with Crippen LogP contribution in [0, 0.1) is 0 Å². The zero-order valence-corrected chi connectivity index (χ0v) is 3.39. The van der Waals surface area contributed by atoms with E-state index < -0.39 is 11.7 Å². The minimum atomic E-state index is -1.44. The molecule has 0 fully saturated rings. The van der Waals surface area contributed by atoms with Gasteiger partial charge >= 0.3 is 5.97 Å². The second-order valence-corrected chi connectivity index (χ2v) is 0.870. The third kappa shape index (κ3) is 1.75. The van der Waals surface area contributed by atoms with Crippen molar-refractivity contribution in [3.05, 3.63) is 12.0 Å². The van der Waals surface area contributed by atoms with Crippen LogP contribution in [0.25, 0.3) is 0 Å². The van der Waals surface area contributed by atoms with Crippen LogP contribution in [-0.4, -0.2) is 11.1 Å². The van der Waals surface area contributed by atoms with Crippen LogP contribution in [0.15, 0.2) is 12.0 Å². The highest BCUT2D eigenvalue weighted by Crippen LogP contribution is 1.80.